The van der Waals surface area contributed by atoms with Crippen molar-refractivity contribution in [3.63, 3.8) is 0 Å². The van der Waals surface area contributed by atoms with E-state index in [1.165, 1.54) is 29.4 Å². The molecule has 0 fully saturated rings. The average molecular weight is 343 g/mol. The first-order chi connectivity index (χ1) is 11.6. The Morgan fingerprint density at radius 1 is 1.00 bits per heavy atom. The van der Waals surface area contributed by atoms with Crippen molar-refractivity contribution in [2.75, 3.05) is 7.11 Å². The maximum absolute atomic E-state index is 13.1. The highest BCUT2D eigenvalue weighted by molar-refractivity contribution is 7.90. The van der Waals surface area contributed by atoms with Gasteiger partial charge in [-0.15, -0.1) is 0 Å². The molecule has 1 heterocycles. The van der Waals surface area contributed by atoms with Crippen LogP contribution in [0.15, 0.2) is 71.8 Å². The molecule has 3 aromatic rings. The third-order valence-corrected chi connectivity index (χ3v) is 5.40. The lowest BCUT2D eigenvalue weighted by Gasteiger charge is -2.12. The molecule has 5 nitrogen and oxygen atoms in total. The Bertz CT molecular complexity index is 932. The minimum absolute atomic E-state index is 0.171. The second-order valence-corrected chi connectivity index (χ2v) is 6.99. The van der Waals surface area contributed by atoms with Crippen molar-refractivity contribution in [2.45, 2.75) is 11.5 Å². The van der Waals surface area contributed by atoms with Crippen LogP contribution in [-0.2, 0) is 16.6 Å². The molecule has 24 heavy (non-hydrogen) atoms. The summed E-state index contributed by atoms with van der Waals surface area (Å²) in [4.78, 5) is 0.171. The number of hydrogen-bond acceptors (Lipinski definition) is 4. The van der Waals surface area contributed by atoms with Crippen LogP contribution in [0.1, 0.15) is 5.56 Å². The summed E-state index contributed by atoms with van der Waals surface area (Å²) in [6.45, 7) is -0.319. The maximum atomic E-state index is 13.1. The van der Waals surface area contributed by atoms with Gasteiger partial charge in [-0.3, -0.25) is 0 Å². The Morgan fingerprint density at radius 3 is 2.12 bits per heavy atom. The van der Waals surface area contributed by atoms with Crippen LogP contribution < -0.4 is 4.74 Å². The number of benzene rings is 2. The lowest BCUT2D eigenvalue weighted by molar-refractivity contribution is 0.274. The van der Waals surface area contributed by atoms with Crippen LogP contribution in [-0.4, -0.2) is 24.6 Å². The van der Waals surface area contributed by atoms with E-state index in [4.69, 9.17) is 4.74 Å². The first kappa shape index (κ1) is 16.3. The van der Waals surface area contributed by atoms with Crippen LogP contribution in [0, 0.1) is 0 Å². The van der Waals surface area contributed by atoms with Crippen molar-refractivity contribution in [1.82, 2.24) is 3.97 Å². The van der Waals surface area contributed by atoms with E-state index in [1.54, 1.807) is 30.3 Å². The molecule has 0 spiro atoms. The van der Waals surface area contributed by atoms with Crippen molar-refractivity contribution in [3.8, 4) is 17.0 Å². The van der Waals surface area contributed by atoms with E-state index < -0.39 is 10.0 Å². The fraction of sp³-hybridized carbons (Fsp3) is 0.111. The predicted molar refractivity (Wildman–Crippen MR) is 91.4 cm³/mol. The summed E-state index contributed by atoms with van der Waals surface area (Å²) in [7, 11) is -2.36. The molecule has 0 saturated heterocycles. The van der Waals surface area contributed by atoms with Gasteiger partial charge in [-0.2, -0.15) is 0 Å². The third-order valence-electron chi connectivity index (χ3n) is 3.72. The van der Waals surface area contributed by atoms with Crippen molar-refractivity contribution < 1.29 is 18.3 Å². The van der Waals surface area contributed by atoms with Gasteiger partial charge in [0.2, 0.25) is 0 Å². The van der Waals surface area contributed by atoms with Crippen LogP contribution in [0.5, 0.6) is 5.75 Å². The third kappa shape index (κ3) is 2.70. The second-order valence-electron chi connectivity index (χ2n) is 5.17. The monoisotopic (exact) mass is 343 g/mol. The summed E-state index contributed by atoms with van der Waals surface area (Å²) in [6, 6.07) is 17.3. The Balaban J connectivity index is 2.31. The van der Waals surface area contributed by atoms with E-state index >= 15 is 0 Å². The molecule has 0 bridgehead atoms. The van der Waals surface area contributed by atoms with E-state index in [2.05, 4.69) is 0 Å². The lowest BCUT2D eigenvalue weighted by atomic mass is 10.1. The number of rotatable bonds is 5. The molecule has 1 N–H and O–H groups in total. The van der Waals surface area contributed by atoms with Gasteiger partial charge >= 0.3 is 0 Å². The first-order valence-corrected chi connectivity index (χ1v) is 8.78. The van der Waals surface area contributed by atoms with Gasteiger partial charge in [0.15, 0.2) is 5.75 Å². The molecule has 0 atom stereocenters. The number of nitrogens with zero attached hydrogens (tertiary/aromatic N) is 1. The van der Waals surface area contributed by atoms with Crippen LogP contribution in [0.2, 0.25) is 0 Å². The topological polar surface area (TPSA) is 68.5 Å². The van der Waals surface area contributed by atoms with Gasteiger partial charge in [-0.25, -0.2) is 12.4 Å². The number of aromatic nitrogens is 1. The smallest absolute Gasteiger partial charge is 0.268 e. The minimum Gasteiger partial charge on any atom is -0.494 e. The van der Waals surface area contributed by atoms with Crippen molar-refractivity contribution in [1.29, 1.82) is 0 Å². The number of aliphatic hydroxyl groups is 1. The summed E-state index contributed by atoms with van der Waals surface area (Å²) in [5.74, 6) is 0.350. The molecule has 124 valence electrons. The first-order valence-electron chi connectivity index (χ1n) is 7.34. The number of ether oxygens (including phenoxy) is 1. The molecule has 0 radical (unpaired) electrons. The number of hydrogen-bond donors (Lipinski definition) is 1. The molecule has 3 rings (SSSR count). The standard InChI is InChI=1S/C18H17NO4S/c1-23-18-15(13-20)12-19(17(18)14-8-4-2-5-9-14)24(21,22)16-10-6-3-7-11-16/h2-12,20H,13H2,1H3. The van der Waals surface area contributed by atoms with Crippen molar-refractivity contribution in [2.24, 2.45) is 0 Å². The van der Waals surface area contributed by atoms with Gasteiger partial charge in [0.25, 0.3) is 10.0 Å². The molecular weight excluding hydrogens is 326 g/mol. The summed E-state index contributed by atoms with van der Waals surface area (Å²) < 4.78 is 32.7. The average Bonchev–Trinajstić information content (AvgIpc) is 3.02. The molecule has 2 aromatic carbocycles. The molecule has 1 aromatic heterocycles. The molecule has 0 saturated carbocycles. The van der Waals surface area contributed by atoms with Crippen LogP contribution >= 0.6 is 0 Å². The zero-order valence-electron chi connectivity index (χ0n) is 13.1. The molecule has 0 aliphatic rings. The SMILES string of the molecule is COc1c(CO)cn(S(=O)(=O)c2ccccc2)c1-c1ccccc1. The van der Waals surface area contributed by atoms with E-state index in [0.717, 1.165) is 0 Å². The molecule has 0 amide bonds. The Labute approximate surface area is 140 Å². The van der Waals surface area contributed by atoms with Crippen LogP contribution in [0.4, 0.5) is 0 Å². The quantitative estimate of drug-likeness (QED) is 0.773. The second kappa shape index (κ2) is 6.51. The predicted octanol–water partition coefficient (Wildman–Crippen LogP) is 2.89. The summed E-state index contributed by atoms with van der Waals surface area (Å²) in [5.41, 5.74) is 1.50. The van der Waals surface area contributed by atoms with Crippen molar-refractivity contribution >= 4 is 10.0 Å². The van der Waals surface area contributed by atoms with Gasteiger partial charge in [0.1, 0.15) is 5.69 Å². The molecule has 0 aliphatic carbocycles. The summed E-state index contributed by atoms with van der Waals surface area (Å²) in [6.07, 6.45) is 1.41. The Morgan fingerprint density at radius 2 is 1.58 bits per heavy atom. The zero-order valence-corrected chi connectivity index (χ0v) is 13.9. The Hall–Kier alpha value is -2.57. The van der Waals surface area contributed by atoms with Gasteiger partial charge < -0.3 is 9.84 Å². The fourth-order valence-electron chi connectivity index (χ4n) is 2.61. The van der Waals surface area contributed by atoms with E-state index in [-0.39, 0.29) is 11.5 Å². The Kier molecular flexibility index (Phi) is 4.42. The van der Waals surface area contributed by atoms with Gasteiger partial charge in [0.05, 0.1) is 18.6 Å². The summed E-state index contributed by atoms with van der Waals surface area (Å²) >= 11 is 0. The lowest BCUT2D eigenvalue weighted by Crippen LogP contribution is -2.13. The van der Waals surface area contributed by atoms with E-state index in [1.807, 2.05) is 18.2 Å². The highest BCUT2D eigenvalue weighted by Crippen LogP contribution is 2.37. The largest absolute Gasteiger partial charge is 0.494 e. The minimum atomic E-state index is -3.81. The van der Waals surface area contributed by atoms with Gasteiger partial charge in [-0.05, 0) is 12.1 Å². The van der Waals surface area contributed by atoms with Crippen LogP contribution in [0.3, 0.4) is 0 Å². The molecule has 6 heteroatoms. The zero-order chi connectivity index (χ0) is 17.2. The van der Waals surface area contributed by atoms with Crippen LogP contribution in [0.25, 0.3) is 11.3 Å². The van der Waals surface area contributed by atoms with E-state index in [9.17, 15) is 13.5 Å². The normalized spacial score (nSPS) is 11.4. The maximum Gasteiger partial charge on any atom is 0.268 e. The van der Waals surface area contributed by atoms with Gasteiger partial charge in [-0.1, -0.05) is 48.5 Å². The van der Waals surface area contributed by atoms with Gasteiger partial charge in [0, 0.05) is 17.3 Å². The molecular formula is C18H17NO4S. The molecule has 0 aliphatic heterocycles. The fourth-order valence-corrected chi connectivity index (χ4v) is 4.03. The highest BCUT2D eigenvalue weighted by Gasteiger charge is 2.26. The highest BCUT2D eigenvalue weighted by atomic mass is 32.2. The summed E-state index contributed by atoms with van der Waals surface area (Å²) in [5, 5.41) is 9.58. The van der Waals surface area contributed by atoms with E-state index in [0.29, 0.717) is 22.6 Å². The number of aliphatic hydroxyl groups excluding tert-OH is 1. The number of methoxy groups -OCH3 is 1. The van der Waals surface area contributed by atoms with Crippen molar-refractivity contribution in [3.05, 3.63) is 72.4 Å². The molecule has 0 unspecified atom stereocenters.